The molecule has 15 heavy (non-hydrogen) atoms. The van der Waals surface area contributed by atoms with Gasteiger partial charge < -0.3 is 11.1 Å². The summed E-state index contributed by atoms with van der Waals surface area (Å²) < 4.78 is 13.1. The van der Waals surface area contributed by atoms with Gasteiger partial charge in [-0.1, -0.05) is 6.08 Å². The summed E-state index contributed by atoms with van der Waals surface area (Å²) >= 11 is 0. The van der Waals surface area contributed by atoms with E-state index in [9.17, 15) is 4.39 Å². The van der Waals surface area contributed by atoms with Crippen molar-refractivity contribution in [3.05, 3.63) is 36.2 Å². The van der Waals surface area contributed by atoms with Crippen LogP contribution in [0.25, 0.3) is 0 Å². The Bertz CT molecular complexity index is 361. The van der Waals surface area contributed by atoms with Gasteiger partial charge in [0.15, 0.2) is 0 Å². The van der Waals surface area contributed by atoms with Crippen LogP contribution in [0.15, 0.2) is 24.8 Å². The Morgan fingerprint density at radius 1 is 1.60 bits per heavy atom. The number of nitrogens with one attached hydrogen (secondary N) is 1. The van der Waals surface area contributed by atoms with E-state index in [0.717, 1.165) is 12.1 Å². The van der Waals surface area contributed by atoms with Crippen LogP contribution in [0.5, 0.6) is 0 Å². The highest BCUT2D eigenvalue weighted by molar-refractivity contribution is 5.67. The van der Waals surface area contributed by atoms with Crippen LogP contribution in [0.4, 0.5) is 15.8 Å². The Hall–Kier alpha value is -1.51. The summed E-state index contributed by atoms with van der Waals surface area (Å²) in [5.41, 5.74) is 7.52. The fourth-order valence-electron chi connectivity index (χ4n) is 1.40. The standard InChI is InChI=1S/C12H17FN2/c1-4-5-9(3)15-12-6-8(2)10(13)7-11(12)14/h4,6-7,9,15H,1,5,14H2,2-3H3. The van der Waals surface area contributed by atoms with Gasteiger partial charge >= 0.3 is 0 Å². The molecule has 0 aliphatic carbocycles. The van der Waals surface area contributed by atoms with Crippen LogP contribution in [0.3, 0.4) is 0 Å². The number of benzene rings is 1. The molecule has 0 amide bonds. The lowest BCUT2D eigenvalue weighted by molar-refractivity contribution is 0.619. The predicted octanol–water partition coefficient (Wildman–Crippen LogP) is 3.09. The van der Waals surface area contributed by atoms with Gasteiger partial charge in [-0.3, -0.25) is 0 Å². The summed E-state index contributed by atoms with van der Waals surface area (Å²) in [5.74, 6) is -0.269. The van der Waals surface area contributed by atoms with Crippen molar-refractivity contribution in [1.29, 1.82) is 0 Å². The van der Waals surface area contributed by atoms with Crippen molar-refractivity contribution in [2.24, 2.45) is 0 Å². The summed E-state index contributed by atoms with van der Waals surface area (Å²) in [6, 6.07) is 3.32. The molecule has 2 nitrogen and oxygen atoms in total. The second-order valence-corrected chi connectivity index (χ2v) is 3.76. The molecule has 3 N–H and O–H groups in total. The Morgan fingerprint density at radius 3 is 2.87 bits per heavy atom. The molecule has 0 aliphatic heterocycles. The van der Waals surface area contributed by atoms with Crippen molar-refractivity contribution in [1.82, 2.24) is 0 Å². The van der Waals surface area contributed by atoms with E-state index in [-0.39, 0.29) is 11.9 Å². The van der Waals surface area contributed by atoms with E-state index in [1.165, 1.54) is 6.07 Å². The van der Waals surface area contributed by atoms with Crippen molar-refractivity contribution < 1.29 is 4.39 Å². The van der Waals surface area contributed by atoms with Gasteiger partial charge in [0.2, 0.25) is 0 Å². The first kappa shape index (κ1) is 11.6. The minimum absolute atomic E-state index is 0.245. The van der Waals surface area contributed by atoms with E-state index in [1.807, 2.05) is 13.0 Å². The number of nitrogen functional groups attached to an aromatic ring is 1. The molecule has 82 valence electrons. The molecule has 0 aromatic heterocycles. The normalized spacial score (nSPS) is 12.2. The van der Waals surface area contributed by atoms with E-state index < -0.39 is 0 Å². The van der Waals surface area contributed by atoms with Gasteiger partial charge in [0.05, 0.1) is 11.4 Å². The SMILES string of the molecule is C=CCC(C)Nc1cc(C)c(F)cc1N. The van der Waals surface area contributed by atoms with Crippen LogP contribution in [-0.4, -0.2) is 6.04 Å². The lowest BCUT2D eigenvalue weighted by Gasteiger charge is -2.16. The predicted molar refractivity (Wildman–Crippen MR) is 63.4 cm³/mol. The number of hydrogen-bond acceptors (Lipinski definition) is 2. The number of anilines is 2. The Kier molecular flexibility index (Phi) is 3.72. The van der Waals surface area contributed by atoms with Gasteiger partial charge in [-0.05, 0) is 38.0 Å². The first-order chi connectivity index (χ1) is 7.04. The Morgan fingerprint density at radius 2 is 2.27 bits per heavy atom. The van der Waals surface area contributed by atoms with Gasteiger partial charge in [0.25, 0.3) is 0 Å². The van der Waals surface area contributed by atoms with Gasteiger partial charge in [-0.25, -0.2) is 4.39 Å². The molecular weight excluding hydrogens is 191 g/mol. The van der Waals surface area contributed by atoms with Crippen LogP contribution in [0.2, 0.25) is 0 Å². The largest absolute Gasteiger partial charge is 0.397 e. The number of aryl methyl sites for hydroxylation is 1. The van der Waals surface area contributed by atoms with Crippen molar-refractivity contribution in [3.63, 3.8) is 0 Å². The molecule has 0 fully saturated rings. The first-order valence-corrected chi connectivity index (χ1v) is 4.97. The molecule has 0 radical (unpaired) electrons. The molecule has 0 aliphatic rings. The molecule has 1 rings (SSSR count). The third-order valence-electron chi connectivity index (χ3n) is 2.25. The lowest BCUT2D eigenvalue weighted by atomic mass is 10.1. The minimum atomic E-state index is -0.269. The number of nitrogens with two attached hydrogens (primary N) is 1. The molecule has 1 aromatic rings. The smallest absolute Gasteiger partial charge is 0.128 e. The number of halogens is 1. The molecule has 1 aromatic carbocycles. The zero-order valence-electron chi connectivity index (χ0n) is 9.18. The van der Waals surface area contributed by atoms with Crippen LogP contribution in [0.1, 0.15) is 18.9 Å². The van der Waals surface area contributed by atoms with Crippen LogP contribution in [0, 0.1) is 12.7 Å². The maximum Gasteiger partial charge on any atom is 0.128 e. The Balaban J connectivity index is 2.85. The van der Waals surface area contributed by atoms with Crippen LogP contribution < -0.4 is 11.1 Å². The zero-order chi connectivity index (χ0) is 11.4. The molecular formula is C12H17FN2. The molecule has 0 saturated heterocycles. The monoisotopic (exact) mass is 208 g/mol. The summed E-state index contributed by atoms with van der Waals surface area (Å²) in [6.07, 6.45) is 2.68. The van der Waals surface area contributed by atoms with E-state index in [0.29, 0.717) is 11.3 Å². The van der Waals surface area contributed by atoms with Crippen molar-refractivity contribution >= 4 is 11.4 Å². The second kappa shape index (κ2) is 4.82. The molecule has 0 heterocycles. The molecule has 1 unspecified atom stereocenters. The average molecular weight is 208 g/mol. The quantitative estimate of drug-likeness (QED) is 0.589. The van der Waals surface area contributed by atoms with Gasteiger partial charge in [0.1, 0.15) is 5.82 Å². The molecule has 1 atom stereocenters. The minimum Gasteiger partial charge on any atom is -0.397 e. The highest BCUT2D eigenvalue weighted by atomic mass is 19.1. The van der Waals surface area contributed by atoms with E-state index in [2.05, 4.69) is 11.9 Å². The fourth-order valence-corrected chi connectivity index (χ4v) is 1.40. The van der Waals surface area contributed by atoms with Crippen molar-refractivity contribution in [3.8, 4) is 0 Å². The van der Waals surface area contributed by atoms with Crippen LogP contribution >= 0.6 is 0 Å². The zero-order valence-corrected chi connectivity index (χ0v) is 9.18. The second-order valence-electron chi connectivity index (χ2n) is 3.76. The topological polar surface area (TPSA) is 38.0 Å². The summed E-state index contributed by atoms with van der Waals surface area (Å²) in [5, 5.41) is 3.22. The highest BCUT2D eigenvalue weighted by Gasteiger charge is 2.06. The lowest BCUT2D eigenvalue weighted by Crippen LogP contribution is -2.15. The summed E-state index contributed by atoms with van der Waals surface area (Å²) in [6.45, 7) is 7.41. The summed E-state index contributed by atoms with van der Waals surface area (Å²) in [4.78, 5) is 0. The van der Waals surface area contributed by atoms with E-state index in [1.54, 1.807) is 13.0 Å². The van der Waals surface area contributed by atoms with Crippen LogP contribution in [-0.2, 0) is 0 Å². The van der Waals surface area contributed by atoms with Gasteiger partial charge in [0, 0.05) is 6.04 Å². The molecule has 3 heteroatoms. The van der Waals surface area contributed by atoms with Crippen molar-refractivity contribution in [2.75, 3.05) is 11.1 Å². The maximum atomic E-state index is 13.1. The number of rotatable bonds is 4. The number of hydrogen-bond donors (Lipinski definition) is 2. The third kappa shape index (κ3) is 2.98. The Labute approximate surface area is 90.0 Å². The van der Waals surface area contributed by atoms with Gasteiger partial charge in [-0.15, -0.1) is 6.58 Å². The fraction of sp³-hybridized carbons (Fsp3) is 0.333. The molecule has 0 bridgehead atoms. The highest BCUT2D eigenvalue weighted by Crippen LogP contribution is 2.23. The average Bonchev–Trinajstić information content (AvgIpc) is 2.14. The van der Waals surface area contributed by atoms with Crippen molar-refractivity contribution in [2.45, 2.75) is 26.3 Å². The first-order valence-electron chi connectivity index (χ1n) is 4.97. The van der Waals surface area contributed by atoms with E-state index >= 15 is 0 Å². The molecule has 0 saturated carbocycles. The molecule has 0 spiro atoms. The van der Waals surface area contributed by atoms with Gasteiger partial charge in [-0.2, -0.15) is 0 Å². The third-order valence-corrected chi connectivity index (χ3v) is 2.25. The van der Waals surface area contributed by atoms with E-state index in [4.69, 9.17) is 5.73 Å². The maximum absolute atomic E-state index is 13.1. The summed E-state index contributed by atoms with van der Waals surface area (Å²) in [7, 11) is 0.